The lowest BCUT2D eigenvalue weighted by Gasteiger charge is -2.27. The van der Waals surface area contributed by atoms with E-state index < -0.39 is 10.8 Å². The van der Waals surface area contributed by atoms with Crippen LogP contribution in [0.2, 0.25) is 0 Å². The molecule has 0 atom stereocenters. The van der Waals surface area contributed by atoms with Gasteiger partial charge in [-0.2, -0.15) is 0 Å². The first-order valence-electron chi connectivity index (χ1n) is 8.15. The molecule has 2 heterocycles. The van der Waals surface area contributed by atoms with E-state index in [9.17, 15) is 14.9 Å². The number of benzene rings is 1. The Morgan fingerprint density at radius 3 is 2.65 bits per heavy atom. The first-order chi connectivity index (χ1) is 12.6. The Balaban J connectivity index is 1.75. The number of hydrogen-bond donors (Lipinski definition) is 2. The molecule has 0 saturated carbocycles. The predicted molar refractivity (Wildman–Crippen MR) is 97.9 cm³/mol. The van der Waals surface area contributed by atoms with Crippen molar-refractivity contribution in [3.63, 3.8) is 0 Å². The number of carbonyl (C=O) groups excluding carboxylic acids is 1. The fourth-order valence-electron chi connectivity index (χ4n) is 2.69. The van der Waals surface area contributed by atoms with Gasteiger partial charge in [-0.3, -0.25) is 14.9 Å². The van der Waals surface area contributed by atoms with Crippen LogP contribution in [0.4, 0.5) is 22.9 Å². The zero-order valence-electron chi connectivity index (χ0n) is 14.3. The summed E-state index contributed by atoms with van der Waals surface area (Å²) in [6.45, 7) is 2.88. The fourth-order valence-corrected chi connectivity index (χ4v) is 2.69. The first-order valence-corrected chi connectivity index (χ1v) is 8.15. The molecule has 1 aliphatic rings. The van der Waals surface area contributed by atoms with Crippen molar-refractivity contribution >= 4 is 28.8 Å². The molecule has 9 heteroatoms. The molecule has 0 unspecified atom stereocenters. The normalized spacial score (nSPS) is 14.0. The zero-order chi connectivity index (χ0) is 18.5. The molecule has 1 fully saturated rings. The average molecular weight is 357 g/mol. The highest BCUT2D eigenvalue weighted by molar-refractivity contribution is 6.08. The Morgan fingerprint density at radius 2 is 2.04 bits per heavy atom. The summed E-state index contributed by atoms with van der Waals surface area (Å²) in [6, 6.07) is 7.68. The van der Waals surface area contributed by atoms with Crippen LogP contribution in [0, 0.1) is 10.1 Å². The van der Waals surface area contributed by atoms with Gasteiger partial charge >= 0.3 is 0 Å². The van der Waals surface area contributed by atoms with Crippen LogP contribution in [-0.2, 0) is 4.74 Å². The standard InChI is InChI=1S/C17H19N5O4/c1-18-15-4-3-13(22(24)25)10-14(15)17(23)20-12-2-5-16(19-11-12)21-6-8-26-9-7-21/h2-5,10-11,18H,6-9H2,1H3,(H,20,23). The lowest BCUT2D eigenvalue weighted by molar-refractivity contribution is -0.384. The minimum absolute atomic E-state index is 0.144. The van der Waals surface area contributed by atoms with Crippen molar-refractivity contribution in [2.75, 3.05) is 48.9 Å². The van der Waals surface area contributed by atoms with E-state index in [1.54, 1.807) is 19.3 Å². The Morgan fingerprint density at radius 1 is 1.27 bits per heavy atom. The molecule has 2 aromatic rings. The number of rotatable bonds is 5. The van der Waals surface area contributed by atoms with E-state index in [0.717, 1.165) is 18.9 Å². The van der Waals surface area contributed by atoms with Crippen LogP contribution in [-0.4, -0.2) is 49.2 Å². The third-order valence-electron chi connectivity index (χ3n) is 4.07. The number of aromatic nitrogens is 1. The van der Waals surface area contributed by atoms with E-state index in [-0.39, 0.29) is 11.3 Å². The van der Waals surface area contributed by atoms with Crippen molar-refractivity contribution in [1.82, 2.24) is 4.98 Å². The lowest BCUT2D eigenvalue weighted by atomic mass is 10.1. The molecule has 1 aliphatic heterocycles. The van der Waals surface area contributed by atoms with Crippen LogP contribution >= 0.6 is 0 Å². The molecule has 1 amide bonds. The van der Waals surface area contributed by atoms with Gasteiger partial charge < -0.3 is 20.3 Å². The van der Waals surface area contributed by atoms with Crippen LogP contribution in [0.25, 0.3) is 0 Å². The molecule has 0 radical (unpaired) electrons. The summed E-state index contributed by atoms with van der Waals surface area (Å²) in [7, 11) is 1.65. The fraction of sp³-hybridized carbons (Fsp3) is 0.294. The van der Waals surface area contributed by atoms with Crippen molar-refractivity contribution in [2.45, 2.75) is 0 Å². The Kier molecular flexibility index (Phi) is 5.28. The van der Waals surface area contributed by atoms with E-state index in [4.69, 9.17) is 4.74 Å². The number of nitrogens with zero attached hydrogens (tertiary/aromatic N) is 3. The molecule has 1 aromatic heterocycles. The van der Waals surface area contributed by atoms with Crippen molar-refractivity contribution < 1.29 is 14.5 Å². The highest BCUT2D eigenvalue weighted by Gasteiger charge is 2.17. The molecule has 0 bridgehead atoms. The summed E-state index contributed by atoms with van der Waals surface area (Å²) in [6.07, 6.45) is 1.57. The SMILES string of the molecule is CNc1ccc([N+](=O)[O-])cc1C(=O)Nc1ccc(N2CCOCC2)nc1. The molecule has 3 rings (SSSR count). The summed E-state index contributed by atoms with van der Waals surface area (Å²) in [5.74, 6) is 0.372. The van der Waals surface area contributed by atoms with E-state index in [1.165, 1.54) is 18.2 Å². The first kappa shape index (κ1) is 17.6. The molecular weight excluding hydrogens is 338 g/mol. The van der Waals surface area contributed by atoms with Gasteiger partial charge in [0.1, 0.15) is 5.82 Å². The third kappa shape index (κ3) is 3.89. The van der Waals surface area contributed by atoms with Crippen LogP contribution in [0.15, 0.2) is 36.5 Å². The van der Waals surface area contributed by atoms with Gasteiger partial charge in [0.05, 0.1) is 35.6 Å². The highest BCUT2D eigenvalue weighted by Crippen LogP contribution is 2.23. The molecule has 2 N–H and O–H groups in total. The Hall–Kier alpha value is -3.20. The van der Waals surface area contributed by atoms with Crippen molar-refractivity contribution in [1.29, 1.82) is 0 Å². The van der Waals surface area contributed by atoms with Gasteiger partial charge in [0.15, 0.2) is 0 Å². The quantitative estimate of drug-likeness (QED) is 0.623. The molecule has 1 aromatic carbocycles. The molecule has 136 valence electrons. The second-order valence-corrected chi connectivity index (χ2v) is 5.70. The largest absolute Gasteiger partial charge is 0.387 e. The van der Waals surface area contributed by atoms with Gasteiger partial charge in [0, 0.05) is 38.0 Å². The second-order valence-electron chi connectivity index (χ2n) is 5.70. The summed E-state index contributed by atoms with van der Waals surface area (Å²) in [5.41, 5.74) is 1.07. The number of nitro benzene ring substituents is 1. The van der Waals surface area contributed by atoms with Crippen LogP contribution in [0.3, 0.4) is 0 Å². The van der Waals surface area contributed by atoms with E-state index in [1.807, 2.05) is 6.07 Å². The summed E-state index contributed by atoms with van der Waals surface area (Å²) < 4.78 is 5.31. The Bertz CT molecular complexity index is 803. The smallest absolute Gasteiger partial charge is 0.270 e. The van der Waals surface area contributed by atoms with Gasteiger partial charge in [-0.1, -0.05) is 0 Å². The monoisotopic (exact) mass is 357 g/mol. The maximum atomic E-state index is 12.5. The van der Waals surface area contributed by atoms with Gasteiger partial charge in [0.2, 0.25) is 0 Å². The van der Waals surface area contributed by atoms with E-state index in [2.05, 4.69) is 20.5 Å². The van der Waals surface area contributed by atoms with Gasteiger partial charge in [-0.15, -0.1) is 0 Å². The number of amides is 1. The van der Waals surface area contributed by atoms with E-state index in [0.29, 0.717) is 24.6 Å². The minimum Gasteiger partial charge on any atom is -0.387 e. The molecule has 0 aliphatic carbocycles. The number of pyridine rings is 1. The van der Waals surface area contributed by atoms with Gasteiger partial charge in [0.25, 0.3) is 11.6 Å². The van der Waals surface area contributed by atoms with Crippen LogP contribution in [0.1, 0.15) is 10.4 Å². The predicted octanol–water partition coefficient (Wildman–Crippen LogP) is 2.12. The summed E-state index contributed by atoms with van der Waals surface area (Å²) in [5, 5.41) is 16.5. The molecule has 9 nitrogen and oxygen atoms in total. The number of hydrogen-bond acceptors (Lipinski definition) is 7. The number of non-ortho nitro benzene ring substituents is 1. The summed E-state index contributed by atoms with van der Waals surface area (Å²) >= 11 is 0. The van der Waals surface area contributed by atoms with Crippen molar-refractivity contribution in [2.24, 2.45) is 0 Å². The number of carbonyl (C=O) groups is 1. The Labute approximate surface area is 150 Å². The van der Waals surface area contributed by atoms with Gasteiger partial charge in [-0.05, 0) is 18.2 Å². The van der Waals surface area contributed by atoms with Crippen molar-refractivity contribution in [3.8, 4) is 0 Å². The second kappa shape index (κ2) is 7.79. The summed E-state index contributed by atoms with van der Waals surface area (Å²) in [4.78, 5) is 29.4. The topological polar surface area (TPSA) is 110 Å². The number of morpholine rings is 1. The molecule has 26 heavy (non-hydrogen) atoms. The average Bonchev–Trinajstić information content (AvgIpc) is 2.68. The zero-order valence-corrected chi connectivity index (χ0v) is 14.3. The number of ether oxygens (including phenoxy) is 1. The maximum Gasteiger partial charge on any atom is 0.270 e. The molecule has 1 saturated heterocycles. The van der Waals surface area contributed by atoms with Crippen LogP contribution < -0.4 is 15.5 Å². The van der Waals surface area contributed by atoms with Crippen LogP contribution in [0.5, 0.6) is 0 Å². The molecule has 0 spiro atoms. The third-order valence-corrected chi connectivity index (χ3v) is 4.07. The number of nitro groups is 1. The van der Waals surface area contributed by atoms with Crippen molar-refractivity contribution in [3.05, 3.63) is 52.2 Å². The molecular formula is C17H19N5O4. The van der Waals surface area contributed by atoms with Gasteiger partial charge in [-0.25, -0.2) is 4.98 Å². The lowest BCUT2D eigenvalue weighted by Crippen LogP contribution is -2.36. The number of anilines is 3. The minimum atomic E-state index is -0.533. The maximum absolute atomic E-state index is 12.5. The number of nitrogens with one attached hydrogen (secondary N) is 2. The highest BCUT2D eigenvalue weighted by atomic mass is 16.6. The van der Waals surface area contributed by atoms with E-state index >= 15 is 0 Å².